The number of benzene rings is 3. The van der Waals surface area contributed by atoms with Crippen molar-refractivity contribution < 1.29 is 18.7 Å². The third kappa shape index (κ3) is 5.69. The van der Waals surface area contributed by atoms with E-state index in [0.29, 0.717) is 36.1 Å². The molecule has 0 saturated carbocycles. The SMILES string of the molecule is [C-]#[N+]C[C@H]1CN(c2nc(OC[C@]3(C)CCCN3C)nc3cc(-c4cccc5cccc(Cl)c45)c4c(c23)OCCC4)CCN1C(=O)C(=C)F. The number of ether oxygens (including phenoxy) is 2. The van der Waals surface area contributed by atoms with E-state index in [9.17, 15) is 9.18 Å². The van der Waals surface area contributed by atoms with E-state index in [1.807, 2.05) is 23.1 Å². The van der Waals surface area contributed by atoms with Crippen LogP contribution in [-0.2, 0) is 11.2 Å². The van der Waals surface area contributed by atoms with Crippen molar-refractivity contribution >= 4 is 45.0 Å². The van der Waals surface area contributed by atoms with Crippen LogP contribution in [0.15, 0.2) is 54.9 Å². The summed E-state index contributed by atoms with van der Waals surface area (Å²) in [7, 11) is 2.11. The van der Waals surface area contributed by atoms with E-state index in [4.69, 9.17) is 37.6 Å². The highest BCUT2D eigenvalue weighted by Crippen LogP contribution is 2.46. The van der Waals surface area contributed by atoms with Gasteiger partial charge in [0.2, 0.25) is 6.54 Å². The molecular formula is C37H38ClFN6O3. The normalized spacial score (nSPS) is 21.2. The average Bonchev–Trinajstić information content (AvgIpc) is 3.43. The molecule has 0 N–H and O–H groups in total. The zero-order valence-corrected chi connectivity index (χ0v) is 28.0. The van der Waals surface area contributed by atoms with E-state index in [1.165, 1.54) is 4.90 Å². The number of nitrogens with zero attached hydrogens (tertiary/aromatic N) is 6. The Hall–Kier alpha value is -4.46. The van der Waals surface area contributed by atoms with Crippen LogP contribution in [0.2, 0.25) is 5.02 Å². The van der Waals surface area contributed by atoms with Gasteiger partial charge in [0.15, 0.2) is 5.83 Å². The summed E-state index contributed by atoms with van der Waals surface area (Å²) in [6.07, 6.45) is 3.75. The quantitative estimate of drug-likeness (QED) is 0.160. The summed E-state index contributed by atoms with van der Waals surface area (Å²) >= 11 is 6.82. The van der Waals surface area contributed by atoms with E-state index in [0.717, 1.165) is 70.8 Å². The van der Waals surface area contributed by atoms with Crippen LogP contribution in [0.5, 0.6) is 11.8 Å². The van der Waals surface area contributed by atoms with Gasteiger partial charge in [-0.05, 0) is 74.8 Å². The minimum atomic E-state index is -1.03. The molecule has 2 saturated heterocycles. The zero-order valence-electron chi connectivity index (χ0n) is 27.3. The first-order valence-corrected chi connectivity index (χ1v) is 16.8. The minimum Gasteiger partial charge on any atom is -0.492 e. The molecule has 3 aliphatic rings. The first-order chi connectivity index (χ1) is 23.2. The number of carbonyl (C=O) groups excluding carboxylic acids is 1. The number of likely N-dealkylation sites (tertiary alicyclic amines) is 1. The number of carbonyl (C=O) groups is 1. The van der Waals surface area contributed by atoms with E-state index in [-0.39, 0.29) is 31.2 Å². The van der Waals surface area contributed by atoms with Crippen LogP contribution in [0.4, 0.5) is 10.2 Å². The van der Waals surface area contributed by atoms with Crippen molar-refractivity contribution in [2.75, 3.05) is 57.9 Å². The number of anilines is 1. The van der Waals surface area contributed by atoms with Gasteiger partial charge in [-0.3, -0.25) is 9.69 Å². The fourth-order valence-electron chi connectivity index (χ4n) is 7.44. The first kappa shape index (κ1) is 32.1. The monoisotopic (exact) mass is 668 g/mol. The maximum absolute atomic E-state index is 14.0. The maximum atomic E-state index is 14.0. The standard InChI is InChI=1S/C37H38ClFN6O3/c1-23(39)35(46)45-17-16-44(21-25(45)20-40-3)34-32-30(41-36(42-34)48-22-37(2)14-8-15-43(37)4)19-28(27-12-7-18-47-33(27)32)26-11-5-9-24-10-6-13-29(38)31(24)26/h5-6,9-11,13,19,25H,1,7-8,12,14-18,20-22H2,2,4H3/t25-,37-/m0/s1. The summed E-state index contributed by atoms with van der Waals surface area (Å²) in [6.45, 7) is 15.8. The van der Waals surface area contributed by atoms with E-state index in [1.54, 1.807) is 0 Å². The lowest BCUT2D eigenvalue weighted by Crippen LogP contribution is -2.56. The summed E-state index contributed by atoms with van der Waals surface area (Å²) in [5.74, 6) is -0.482. The summed E-state index contributed by atoms with van der Waals surface area (Å²) in [6, 6.07) is 13.9. The Bertz CT molecular complexity index is 1980. The van der Waals surface area contributed by atoms with Crippen LogP contribution >= 0.6 is 11.6 Å². The van der Waals surface area contributed by atoms with Crippen molar-refractivity contribution in [3.05, 3.63) is 76.9 Å². The average molecular weight is 669 g/mol. The molecule has 3 aliphatic heterocycles. The smallest absolute Gasteiger partial charge is 0.319 e. The number of amides is 1. The van der Waals surface area contributed by atoms with Crippen LogP contribution < -0.4 is 14.4 Å². The zero-order chi connectivity index (χ0) is 33.6. The van der Waals surface area contributed by atoms with Crippen LogP contribution in [0.25, 0.3) is 37.6 Å². The highest BCUT2D eigenvalue weighted by atomic mass is 35.5. The second kappa shape index (κ2) is 12.9. The Balaban J connectivity index is 1.40. The summed E-state index contributed by atoms with van der Waals surface area (Å²) < 4.78 is 26.9. The van der Waals surface area contributed by atoms with Gasteiger partial charge in [0.05, 0.1) is 23.0 Å². The van der Waals surface area contributed by atoms with Crippen LogP contribution in [0, 0.1) is 6.57 Å². The second-order valence-electron chi connectivity index (χ2n) is 13.2. The molecule has 0 radical (unpaired) electrons. The lowest BCUT2D eigenvalue weighted by atomic mass is 9.89. The first-order valence-electron chi connectivity index (χ1n) is 16.4. The number of hydrogen-bond acceptors (Lipinski definition) is 7. The van der Waals surface area contributed by atoms with E-state index in [2.05, 4.69) is 54.6 Å². The van der Waals surface area contributed by atoms with Gasteiger partial charge >= 0.3 is 6.01 Å². The number of likely N-dealkylation sites (N-methyl/N-ethyl adjacent to an activating group) is 1. The van der Waals surface area contributed by atoms with Crippen molar-refractivity contribution in [1.29, 1.82) is 0 Å². The molecule has 2 atom stereocenters. The molecule has 248 valence electrons. The molecule has 0 unspecified atom stereocenters. The Kier molecular flexibility index (Phi) is 8.60. The second-order valence-corrected chi connectivity index (χ2v) is 13.6. The van der Waals surface area contributed by atoms with Gasteiger partial charge in [-0.15, -0.1) is 0 Å². The highest BCUT2D eigenvalue weighted by Gasteiger charge is 2.38. The minimum absolute atomic E-state index is 0.0210. The van der Waals surface area contributed by atoms with Gasteiger partial charge in [-0.2, -0.15) is 9.97 Å². The highest BCUT2D eigenvalue weighted by molar-refractivity contribution is 6.36. The summed E-state index contributed by atoms with van der Waals surface area (Å²) in [5.41, 5.74) is 3.57. The van der Waals surface area contributed by atoms with Crippen molar-refractivity contribution in [2.24, 2.45) is 0 Å². The Morgan fingerprint density at radius 2 is 1.98 bits per heavy atom. The topological polar surface area (TPSA) is 75.4 Å². The Labute approximate surface area is 284 Å². The Morgan fingerprint density at radius 1 is 1.17 bits per heavy atom. The molecule has 0 spiro atoms. The van der Waals surface area contributed by atoms with Crippen LogP contribution in [0.3, 0.4) is 0 Å². The molecule has 48 heavy (non-hydrogen) atoms. The molecule has 11 heteroatoms. The number of piperazine rings is 1. The molecule has 1 amide bonds. The van der Waals surface area contributed by atoms with Crippen LogP contribution in [-0.4, -0.2) is 90.2 Å². The fraction of sp³-hybridized carbons (Fsp3) is 0.405. The van der Waals surface area contributed by atoms with Gasteiger partial charge in [-0.25, -0.2) is 11.0 Å². The molecule has 1 aromatic heterocycles. The van der Waals surface area contributed by atoms with E-state index >= 15 is 0 Å². The molecular weight excluding hydrogens is 631 g/mol. The van der Waals surface area contributed by atoms with Gasteiger partial charge < -0.3 is 24.1 Å². The number of hydrogen-bond donors (Lipinski definition) is 0. The third-order valence-electron chi connectivity index (χ3n) is 10.2. The largest absolute Gasteiger partial charge is 0.492 e. The number of aromatic nitrogens is 2. The van der Waals surface area contributed by atoms with Gasteiger partial charge in [0.25, 0.3) is 5.91 Å². The van der Waals surface area contributed by atoms with Crippen molar-refractivity contribution in [3.8, 4) is 22.9 Å². The van der Waals surface area contributed by atoms with Crippen LogP contribution in [0.1, 0.15) is 31.7 Å². The number of rotatable bonds is 7. The molecule has 4 heterocycles. The predicted octanol–water partition coefficient (Wildman–Crippen LogP) is 6.71. The van der Waals surface area contributed by atoms with Crippen molar-refractivity contribution in [2.45, 2.75) is 44.2 Å². The molecule has 9 nitrogen and oxygen atoms in total. The molecule has 2 fully saturated rings. The molecule has 7 rings (SSSR count). The third-order valence-corrected chi connectivity index (χ3v) is 10.5. The number of fused-ring (bicyclic) bond motifs is 4. The lowest BCUT2D eigenvalue weighted by molar-refractivity contribution is -0.131. The molecule has 3 aromatic carbocycles. The van der Waals surface area contributed by atoms with E-state index < -0.39 is 17.8 Å². The van der Waals surface area contributed by atoms with Gasteiger partial charge in [0.1, 0.15) is 24.2 Å². The lowest BCUT2D eigenvalue weighted by Gasteiger charge is -2.40. The van der Waals surface area contributed by atoms with Gasteiger partial charge in [-0.1, -0.05) is 48.5 Å². The number of halogens is 2. The maximum Gasteiger partial charge on any atom is 0.319 e. The molecule has 0 aliphatic carbocycles. The summed E-state index contributed by atoms with van der Waals surface area (Å²) in [4.78, 5) is 32.0. The Morgan fingerprint density at radius 3 is 2.73 bits per heavy atom. The van der Waals surface area contributed by atoms with Crippen molar-refractivity contribution in [3.63, 3.8) is 0 Å². The van der Waals surface area contributed by atoms with Crippen molar-refractivity contribution in [1.82, 2.24) is 19.8 Å². The molecule has 4 aromatic rings. The predicted molar refractivity (Wildman–Crippen MR) is 187 cm³/mol. The summed E-state index contributed by atoms with van der Waals surface area (Å²) in [5, 5.41) is 3.44. The molecule has 0 bridgehead atoms. The van der Waals surface area contributed by atoms with Gasteiger partial charge in [0, 0.05) is 35.6 Å². The fourth-order valence-corrected chi connectivity index (χ4v) is 7.72.